The standard InChI is InChI=1S/C14H13NOS/c15-14(17)13-9-5-4-6-11(13)10-16-12-7-2-1-3-8-12/h1-9H,10H2,(H2,15,17). The van der Waals surface area contributed by atoms with Gasteiger partial charge in [0.05, 0.1) is 0 Å². The molecule has 0 unspecified atom stereocenters. The van der Waals surface area contributed by atoms with E-state index in [2.05, 4.69) is 0 Å². The molecule has 0 bridgehead atoms. The molecule has 0 aromatic heterocycles. The van der Waals surface area contributed by atoms with E-state index in [1.165, 1.54) is 0 Å². The van der Waals surface area contributed by atoms with Crippen molar-refractivity contribution in [1.82, 2.24) is 0 Å². The van der Waals surface area contributed by atoms with Gasteiger partial charge in [-0.25, -0.2) is 0 Å². The van der Waals surface area contributed by atoms with Crippen LogP contribution in [0.1, 0.15) is 11.1 Å². The molecule has 0 aliphatic rings. The van der Waals surface area contributed by atoms with Crippen molar-refractivity contribution < 1.29 is 4.74 Å². The summed E-state index contributed by atoms with van der Waals surface area (Å²) in [5.41, 5.74) is 7.54. The van der Waals surface area contributed by atoms with E-state index in [1.54, 1.807) is 0 Å². The van der Waals surface area contributed by atoms with Gasteiger partial charge in [0.2, 0.25) is 0 Å². The highest BCUT2D eigenvalue weighted by molar-refractivity contribution is 7.80. The smallest absolute Gasteiger partial charge is 0.119 e. The molecule has 86 valence electrons. The Hall–Kier alpha value is -1.87. The summed E-state index contributed by atoms with van der Waals surface area (Å²) < 4.78 is 5.67. The van der Waals surface area contributed by atoms with E-state index in [-0.39, 0.29) is 0 Å². The number of ether oxygens (including phenoxy) is 1. The molecule has 0 aliphatic carbocycles. The minimum Gasteiger partial charge on any atom is -0.489 e. The van der Waals surface area contributed by atoms with Gasteiger partial charge >= 0.3 is 0 Å². The molecule has 2 aromatic rings. The highest BCUT2D eigenvalue weighted by Crippen LogP contribution is 2.14. The summed E-state index contributed by atoms with van der Waals surface area (Å²) in [6, 6.07) is 17.4. The molecule has 3 heteroatoms. The zero-order valence-electron chi connectivity index (χ0n) is 9.30. The minimum absolute atomic E-state index is 0.400. The maximum absolute atomic E-state index is 5.67. The molecule has 2 nitrogen and oxygen atoms in total. The average Bonchev–Trinajstić information content (AvgIpc) is 2.38. The Morgan fingerprint density at radius 2 is 1.65 bits per heavy atom. The van der Waals surface area contributed by atoms with Crippen molar-refractivity contribution >= 4 is 17.2 Å². The second kappa shape index (κ2) is 5.46. The molecule has 2 aromatic carbocycles. The van der Waals surface area contributed by atoms with Crippen molar-refractivity contribution in [2.45, 2.75) is 6.61 Å². The molecule has 0 aliphatic heterocycles. The number of hydrogen-bond acceptors (Lipinski definition) is 2. The maximum Gasteiger partial charge on any atom is 0.119 e. The van der Waals surface area contributed by atoms with Crippen molar-refractivity contribution in [3.8, 4) is 5.75 Å². The third kappa shape index (κ3) is 3.04. The summed E-state index contributed by atoms with van der Waals surface area (Å²) in [5.74, 6) is 0.838. The zero-order valence-corrected chi connectivity index (χ0v) is 10.1. The molecule has 0 radical (unpaired) electrons. The number of nitrogens with two attached hydrogens (primary N) is 1. The fraction of sp³-hybridized carbons (Fsp3) is 0.0714. The van der Waals surface area contributed by atoms with Gasteiger partial charge in [-0.15, -0.1) is 0 Å². The largest absolute Gasteiger partial charge is 0.489 e. The number of hydrogen-bond donors (Lipinski definition) is 1. The van der Waals surface area contributed by atoms with E-state index >= 15 is 0 Å². The highest BCUT2D eigenvalue weighted by Gasteiger charge is 2.04. The third-order valence-corrected chi connectivity index (χ3v) is 2.64. The van der Waals surface area contributed by atoms with Gasteiger partial charge < -0.3 is 10.5 Å². The summed E-state index contributed by atoms with van der Waals surface area (Å²) >= 11 is 5.00. The minimum atomic E-state index is 0.400. The van der Waals surface area contributed by atoms with Gasteiger partial charge in [-0.05, 0) is 17.7 Å². The van der Waals surface area contributed by atoms with E-state index < -0.39 is 0 Å². The highest BCUT2D eigenvalue weighted by atomic mass is 32.1. The van der Waals surface area contributed by atoms with E-state index in [0.717, 1.165) is 16.9 Å². The van der Waals surface area contributed by atoms with Crippen LogP contribution in [-0.2, 0) is 6.61 Å². The van der Waals surface area contributed by atoms with Gasteiger partial charge in [-0.3, -0.25) is 0 Å². The van der Waals surface area contributed by atoms with E-state index in [1.807, 2.05) is 54.6 Å². The quantitative estimate of drug-likeness (QED) is 0.839. The molecule has 0 spiro atoms. The van der Waals surface area contributed by atoms with Crippen LogP contribution < -0.4 is 10.5 Å². The van der Waals surface area contributed by atoms with E-state index in [4.69, 9.17) is 22.7 Å². The number of thiocarbonyl (C=S) groups is 1. The van der Waals surface area contributed by atoms with Crippen LogP contribution in [0.2, 0.25) is 0 Å². The van der Waals surface area contributed by atoms with Crippen molar-refractivity contribution in [3.05, 3.63) is 65.7 Å². The summed E-state index contributed by atoms with van der Waals surface area (Å²) in [6.07, 6.45) is 0. The molecule has 0 fully saturated rings. The van der Waals surface area contributed by atoms with Gasteiger partial charge in [-0.2, -0.15) is 0 Å². The van der Waals surface area contributed by atoms with Crippen LogP contribution in [0, 0.1) is 0 Å². The first kappa shape index (κ1) is 11.6. The Morgan fingerprint density at radius 1 is 1.00 bits per heavy atom. The summed E-state index contributed by atoms with van der Waals surface area (Å²) in [6.45, 7) is 0.470. The third-order valence-electron chi connectivity index (χ3n) is 2.42. The normalized spacial score (nSPS) is 9.88. The average molecular weight is 243 g/mol. The lowest BCUT2D eigenvalue weighted by molar-refractivity contribution is 0.306. The predicted octanol–water partition coefficient (Wildman–Crippen LogP) is 2.90. The number of benzene rings is 2. The molecule has 0 heterocycles. The summed E-state index contributed by atoms with van der Waals surface area (Å²) in [7, 11) is 0. The second-order valence-corrected chi connectivity index (χ2v) is 4.06. The molecule has 2 rings (SSSR count). The van der Waals surface area contributed by atoms with Crippen LogP contribution in [0.25, 0.3) is 0 Å². The van der Waals surface area contributed by atoms with Crippen LogP contribution in [0.5, 0.6) is 5.75 Å². The lowest BCUT2D eigenvalue weighted by atomic mass is 10.1. The lowest BCUT2D eigenvalue weighted by Gasteiger charge is -2.09. The Balaban J connectivity index is 2.12. The predicted molar refractivity (Wildman–Crippen MR) is 73.1 cm³/mol. The van der Waals surface area contributed by atoms with E-state index in [9.17, 15) is 0 Å². The second-order valence-electron chi connectivity index (χ2n) is 3.62. The first-order chi connectivity index (χ1) is 8.27. The molecular formula is C14H13NOS. The summed E-state index contributed by atoms with van der Waals surface area (Å²) in [4.78, 5) is 0.400. The monoisotopic (exact) mass is 243 g/mol. The first-order valence-corrected chi connectivity index (χ1v) is 5.74. The fourth-order valence-corrected chi connectivity index (χ4v) is 1.76. The van der Waals surface area contributed by atoms with Crippen LogP contribution in [-0.4, -0.2) is 4.99 Å². The van der Waals surface area contributed by atoms with Crippen LogP contribution in [0.3, 0.4) is 0 Å². The van der Waals surface area contributed by atoms with Gasteiger partial charge in [0.25, 0.3) is 0 Å². The van der Waals surface area contributed by atoms with Gasteiger partial charge in [-0.1, -0.05) is 54.7 Å². The fourth-order valence-electron chi connectivity index (χ4n) is 1.56. The van der Waals surface area contributed by atoms with Gasteiger partial charge in [0.15, 0.2) is 0 Å². The lowest BCUT2D eigenvalue weighted by Crippen LogP contribution is -2.13. The van der Waals surface area contributed by atoms with Crippen LogP contribution in [0.15, 0.2) is 54.6 Å². The SMILES string of the molecule is NC(=S)c1ccccc1COc1ccccc1. The Bertz CT molecular complexity index is 511. The molecule has 0 atom stereocenters. The van der Waals surface area contributed by atoms with Gasteiger partial charge in [0, 0.05) is 5.56 Å². The topological polar surface area (TPSA) is 35.2 Å². The van der Waals surface area contributed by atoms with Gasteiger partial charge in [0.1, 0.15) is 17.3 Å². The molecule has 0 amide bonds. The van der Waals surface area contributed by atoms with E-state index in [0.29, 0.717) is 11.6 Å². The first-order valence-electron chi connectivity index (χ1n) is 5.33. The van der Waals surface area contributed by atoms with Crippen molar-refractivity contribution in [3.63, 3.8) is 0 Å². The molecule has 0 saturated heterocycles. The molecule has 2 N–H and O–H groups in total. The number of rotatable bonds is 4. The summed E-state index contributed by atoms with van der Waals surface area (Å²) in [5, 5.41) is 0. The Morgan fingerprint density at radius 3 is 2.35 bits per heavy atom. The van der Waals surface area contributed by atoms with Crippen molar-refractivity contribution in [2.24, 2.45) is 5.73 Å². The Kier molecular flexibility index (Phi) is 3.73. The number of para-hydroxylation sites is 1. The molecule has 0 saturated carbocycles. The van der Waals surface area contributed by atoms with Crippen LogP contribution in [0.4, 0.5) is 0 Å². The maximum atomic E-state index is 5.67. The zero-order chi connectivity index (χ0) is 12.1. The van der Waals surface area contributed by atoms with Crippen molar-refractivity contribution in [1.29, 1.82) is 0 Å². The van der Waals surface area contributed by atoms with Crippen LogP contribution >= 0.6 is 12.2 Å². The molecular weight excluding hydrogens is 230 g/mol. The van der Waals surface area contributed by atoms with Crippen molar-refractivity contribution in [2.75, 3.05) is 0 Å². The molecule has 17 heavy (non-hydrogen) atoms. The Labute approximate surface area is 106 Å².